The minimum Gasteiger partial charge on any atom is -0.455 e. The molecule has 8 heterocycles. The highest BCUT2D eigenvalue weighted by molar-refractivity contribution is 7.30. The number of pyridine rings is 4. The monoisotopic (exact) mass is 866 g/mol. The first kappa shape index (κ1) is 36.3. The van der Waals surface area contributed by atoms with Crippen LogP contribution in [0, 0.1) is 0 Å². The van der Waals surface area contributed by atoms with Crippen molar-refractivity contribution in [3.63, 3.8) is 0 Å². The summed E-state index contributed by atoms with van der Waals surface area (Å²) in [4.78, 5) is 19.9. The quantitative estimate of drug-likeness (QED) is 0.156. The van der Waals surface area contributed by atoms with E-state index < -0.39 is 8.07 Å². The molecule has 304 valence electrons. The number of benzene rings is 6. The van der Waals surface area contributed by atoms with E-state index >= 15 is 0 Å². The van der Waals surface area contributed by atoms with Crippen LogP contribution in [0.4, 0.5) is 0 Å². The topological polar surface area (TPSA) is 74.6 Å². The highest BCUT2D eigenvalue weighted by Gasteiger charge is 2.48. The second kappa shape index (κ2) is 13.9. The average Bonchev–Trinajstić information content (AvgIpc) is 4.13. The molecule has 7 nitrogen and oxygen atoms in total. The number of fused-ring (bicyclic) bond motifs is 12. The first-order valence-corrected chi connectivity index (χ1v) is 24.5. The number of para-hydroxylation sites is 2. The van der Waals surface area contributed by atoms with Gasteiger partial charge in [0.15, 0.2) is 5.58 Å². The van der Waals surface area contributed by atoms with Crippen LogP contribution in [0.2, 0.25) is 0 Å². The van der Waals surface area contributed by atoms with Crippen LogP contribution >= 0.6 is 11.3 Å². The van der Waals surface area contributed by atoms with Crippen LogP contribution < -0.4 is 21.0 Å². The fourth-order valence-electron chi connectivity index (χ4n) is 10.6. The van der Waals surface area contributed by atoms with E-state index in [9.17, 15) is 0 Å². The lowest BCUT2D eigenvalue weighted by Gasteiger charge is -2.32. The Morgan fingerprint density at radius 3 is 1.60 bits per heavy atom. The van der Waals surface area contributed by atoms with Crippen molar-refractivity contribution in [2.24, 2.45) is 0 Å². The zero-order valence-electron chi connectivity index (χ0n) is 34.6. The molecule has 0 aliphatic heterocycles. The fourth-order valence-corrected chi connectivity index (χ4v) is 16.8. The van der Waals surface area contributed by atoms with Gasteiger partial charge in [0.05, 0.1) is 37.4 Å². The van der Waals surface area contributed by atoms with E-state index in [0.29, 0.717) is 0 Å². The Hall–Kier alpha value is -8.24. The maximum atomic E-state index is 7.12. The maximum Gasteiger partial charge on any atom is 0.230 e. The molecule has 0 aliphatic carbocycles. The second-order valence-electron chi connectivity index (χ2n) is 16.6. The number of furan rings is 1. The Balaban J connectivity index is 1.04. The van der Waals surface area contributed by atoms with E-state index in [1.165, 1.54) is 36.6 Å². The first-order chi connectivity index (χ1) is 32.3. The van der Waals surface area contributed by atoms with Gasteiger partial charge in [-0.15, -0.1) is 11.3 Å². The Bertz CT molecular complexity index is 3830. The summed E-state index contributed by atoms with van der Waals surface area (Å²) in [7, 11) is -3.36. The van der Waals surface area contributed by atoms with Crippen LogP contribution in [0.1, 0.15) is 0 Å². The third-order valence-corrected chi connectivity index (χ3v) is 19.3. The molecule has 0 fully saturated rings. The second-order valence-corrected chi connectivity index (χ2v) is 21.3. The zero-order chi connectivity index (χ0) is 42.6. The molecule has 0 bridgehead atoms. The van der Waals surface area contributed by atoms with E-state index in [1.807, 2.05) is 48.5 Å². The first-order valence-electron chi connectivity index (χ1n) is 21.7. The fraction of sp³-hybridized carbons (Fsp3) is 0. The lowest BCUT2D eigenvalue weighted by atomic mass is 10.1. The number of thiophene rings is 1. The van der Waals surface area contributed by atoms with Gasteiger partial charge in [-0.3, -0.25) is 19.9 Å². The Morgan fingerprint density at radius 2 is 0.954 bits per heavy atom. The molecule has 6 aromatic carbocycles. The van der Waals surface area contributed by atoms with Crippen LogP contribution in [0.3, 0.4) is 0 Å². The molecule has 0 saturated heterocycles. The van der Waals surface area contributed by atoms with Crippen molar-refractivity contribution in [1.82, 2.24) is 29.1 Å². The molecular formula is C56H34N6OSSi. The lowest BCUT2D eigenvalue weighted by Crippen LogP contribution is -2.76. The molecule has 0 aliphatic rings. The van der Waals surface area contributed by atoms with Crippen molar-refractivity contribution < 1.29 is 4.42 Å². The predicted molar refractivity (Wildman–Crippen MR) is 270 cm³/mol. The number of rotatable bonds is 6. The molecule has 0 unspecified atom stereocenters. The predicted octanol–water partition coefficient (Wildman–Crippen LogP) is 11.1. The maximum absolute atomic E-state index is 7.12. The average molecular weight is 867 g/mol. The van der Waals surface area contributed by atoms with Gasteiger partial charge in [0.25, 0.3) is 0 Å². The van der Waals surface area contributed by atoms with Crippen LogP contribution in [0.5, 0.6) is 0 Å². The summed E-state index contributed by atoms with van der Waals surface area (Å²) < 4.78 is 14.2. The van der Waals surface area contributed by atoms with Gasteiger partial charge in [-0.25, -0.2) is 0 Å². The molecule has 0 atom stereocenters. The van der Waals surface area contributed by atoms with Crippen molar-refractivity contribution >= 4 is 126 Å². The van der Waals surface area contributed by atoms with E-state index in [1.54, 1.807) is 0 Å². The number of nitrogens with zero attached hydrogens (tertiary/aromatic N) is 6. The van der Waals surface area contributed by atoms with Gasteiger partial charge in [0.2, 0.25) is 8.07 Å². The summed E-state index contributed by atoms with van der Waals surface area (Å²) in [5.41, 5.74) is 8.28. The number of hydrogen-bond acceptors (Lipinski definition) is 6. The highest BCUT2D eigenvalue weighted by atomic mass is 32.1. The molecule has 0 radical (unpaired) electrons. The van der Waals surface area contributed by atoms with Crippen LogP contribution in [-0.4, -0.2) is 37.1 Å². The third-order valence-electron chi connectivity index (χ3n) is 13.3. The van der Waals surface area contributed by atoms with E-state index in [2.05, 4.69) is 189 Å². The van der Waals surface area contributed by atoms with Gasteiger partial charge < -0.3 is 13.6 Å². The van der Waals surface area contributed by atoms with E-state index in [0.717, 1.165) is 81.5 Å². The Labute approximate surface area is 376 Å². The van der Waals surface area contributed by atoms with Gasteiger partial charge in [0, 0.05) is 96.3 Å². The molecule has 0 saturated carbocycles. The minimum atomic E-state index is -3.36. The highest BCUT2D eigenvalue weighted by Crippen LogP contribution is 2.39. The molecule has 8 aromatic heterocycles. The van der Waals surface area contributed by atoms with Crippen molar-refractivity contribution in [2.45, 2.75) is 0 Å². The van der Waals surface area contributed by atoms with Gasteiger partial charge in [-0.05, 0) is 83.2 Å². The van der Waals surface area contributed by atoms with Crippen molar-refractivity contribution in [3.8, 4) is 11.4 Å². The summed E-state index contributed by atoms with van der Waals surface area (Å²) in [5, 5.41) is 13.4. The van der Waals surface area contributed by atoms with Crippen LogP contribution in [-0.2, 0) is 0 Å². The number of aromatic nitrogens is 6. The van der Waals surface area contributed by atoms with Crippen molar-refractivity contribution in [3.05, 3.63) is 207 Å². The largest absolute Gasteiger partial charge is 0.455 e. The molecule has 9 heteroatoms. The molecular weight excluding hydrogens is 833 g/mol. The van der Waals surface area contributed by atoms with Crippen LogP contribution in [0.15, 0.2) is 211 Å². The molecule has 0 N–H and O–H groups in total. The van der Waals surface area contributed by atoms with Gasteiger partial charge >= 0.3 is 0 Å². The summed E-state index contributed by atoms with van der Waals surface area (Å²) in [6.45, 7) is 0. The zero-order valence-corrected chi connectivity index (χ0v) is 36.4. The standard InChI is InChI=1S/C56H34N6OSSi/c1-3-11-37(12-4-1)65(38-13-5-2-6-14-38,55-53-41(23-29-59-55)43-31-35(19-21-51(43)63-53)61-47-17-9-7-15-39(47)45-33-57-27-25-49(45)61)56-54-42(24-30-60-56)44-32-36(20-22-52(44)64-54)62-48-18-10-8-16-40(48)46-34-58-28-26-50(46)62/h1-34H. The smallest absolute Gasteiger partial charge is 0.230 e. The molecule has 0 spiro atoms. The van der Waals surface area contributed by atoms with Crippen LogP contribution in [0.25, 0.3) is 97.1 Å². The lowest BCUT2D eigenvalue weighted by molar-refractivity contribution is 0.670. The molecule has 14 aromatic rings. The van der Waals surface area contributed by atoms with Crippen molar-refractivity contribution in [2.75, 3.05) is 0 Å². The van der Waals surface area contributed by atoms with Gasteiger partial charge in [-0.1, -0.05) is 97.1 Å². The summed E-state index contributed by atoms with van der Waals surface area (Å²) in [6, 6.07) is 60.9. The third kappa shape index (κ3) is 5.10. The van der Waals surface area contributed by atoms with Gasteiger partial charge in [0.1, 0.15) is 5.58 Å². The van der Waals surface area contributed by atoms with E-state index in [4.69, 9.17) is 14.4 Å². The Morgan fingerprint density at radius 1 is 0.415 bits per heavy atom. The van der Waals surface area contributed by atoms with Crippen molar-refractivity contribution in [1.29, 1.82) is 0 Å². The molecule has 65 heavy (non-hydrogen) atoms. The normalized spacial score (nSPS) is 12.3. The summed E-state index contributed by atoms with van der Waals surface area (Å²) in [6.07, 6.45) is 11.7. The number of hydrogen-bond donors (Lipinski definition) is 0. The Kier molecular flexibility index (Phi) is 7.74. The summed E-state index contributed by atoms with van der Waals surface area (Å²) >= 11 is 1.81. The van der Waals surface area contributed by atoms with Gasteiger partial charge in [-0.2, -0.15) is 0 Å². The summed E-state index contributed by atoms with van der Waals surface area (Å²) in [5.74, 6) is 0. The minimum absolute atomic E-state index is 0.786. The molecule has 14 rings (SSSR count). The molecule has 0 amide bonds. The van der Waals surface area contributed by atoms with E-state index in [-0.39, 0.29) is 0 Å². The SMILES string of the molecule is c1ccc([Si](c2ccccc2)(c2nccc3c2oc2ccc(-n4c5ccccc5c5cnccc54)cc23)c2nccc3c2sc2ccc(-n4c5ccccc5c5cnccc54)cc23)cc1.